The summed E-state index contributed by atoms with van der Waals surface area (Å²) in [6, 6.07) is 0. The Hall–Kier alpha value is -0.570. The lowest BCUT2D eigenvalue weighted by atomic mass is 10.1. The van der Waals surface area contributed by atoms with Gasteiger partial charge in [-0.2, -0.15) is 0 Å². The van der Waals surface area contributed by atoms with Gasteiger partial charge in [-0.15, -0.1) is 0 Å². The highest BCUT2D eigenvalue weighted by molar-refractivity contribution is 5.75. The molecule has 0 rings (SSSR count). The van der Waals surface area contributed by atoms with Gasteiger partial charge in [0, 0.05) is 19.5 Å². The van der Waals surface area contributed by atoms with Crippen LogP contribution in [0.1, 0.15) is 46.5 Å². The van der Waals surface area contributed by atoms with E-state index in [1.807, 2.05) is 0 Å². The summed E-state index contributed by atoms with van der Waals surface area (Å²) in [6.45, 7) is 9.13. The third-order valence-corrected chi connectivity index (χ3v) is 2.28. The van der Waals surface area contributed by atoms with Gasteiger partial charge in [-0.05, 0) is 25.3 Å². The average molecular weight is 214 g/mol. The fourth-order valence-corrected chi connectivity index (χ4v) is 1.22. The van der Waals surface area contributed by atoms with Crippen molar-refractivity contribution in [2.75, 3.05) is 19.6 Å². The Kier molecular flexibility index (Phi) is 9.59. The van der Waals surface area contributed by atoms with E-state index >= 15 is 0 Å². The SMILES string of the molecule is CCCCNCCC(=O)NCCC(C)C. The molecule has 0 fully saturated rings. The maximum absolute atomic E-state index is 11.3. The van der Waals surface area contributed by atoms with Crippen molar-refractivity contribution in [2.24, 2.45) is 5.92 Å². The minimum Gasteiger partial charge on any atom is -0.356 e. The summed E-state index contributed by atoms with van der Waals surface area (Å²) >= 11 is 0. The van der Waals surface area contributed by atoms with Gasteiger partial charge in [0.25, 0.3) is 0 Å². The first kappa shape index (κ1) is 14.4. The molecule has 0 aromatic carbocycles. The summed E-state index contributed by atoms with van der Waals surface area (Å²) in [4.78, 5) is 11.3. The molecule has 15 heavy (non-hydrogen) atoms. The number of hydrogen-bond donors (Lipinski definition) is 2. The summed E-state index contributed by atoms with van der Waals surface area (Å²) in [5, 5.41) is 6.18. The number of carbonyl (C=O) groups is 1. The van der Waals surface area contributed by atoms with Crippen LogP contribution in [0, 0.1) is 5.92 Å². The molecule has 1 amide bonds. The van der Waals surface area contributed by atoms with Gasteiger partial charge in [-0.1, -0.05) is 27.2 Å². The van der Waals surface area contributed by atoms with E-state index in [0.29, 0.717) is 12.3 Å². The van der Waals surface area contributed by atoms with E-state index in [-0.39, 0.29) is 5.91 Å². The molecule has 3 nitrogen and oxygen atoms in total. The average Bonchev–Trinajstić information content (AvgIpc) is 2.17. The Labute approximate surface area is 94.0 Å². The monoisotopic (exact) mass is 214 g/mol. The summed E-state index contributed by atoms with van der Waals surface area (Å²) in [5.74, 6) is 0.827. The van der Waals surface area contributed by atoms with Crippen molar-refractivity contribution >= 4 is 5.91 Å². The van der Waals surface area contributed by atoms with Crippen molar-refractivity contribution in [3.63, 3.8) is 0 Å². The van der Waals surface area contributed by atoms with Gasteiger partial charge in [-0.3, -0.25) is 4.79 Å². The molecule has 0 aromatic rings. The van der Waals surface area contributed by atoms with Crippen LogP contribution in [0.15, 0.2) is 0 Å². The number of hydrogen-bond acceptors (Lipinski definition) is 2. The summed E-state index contributed by atoms with van der Waals surface area (Å²) in [5.41, 5.74) is 0. The lowest BCUT2D eigenvalue weighted by Gasteiger charge is -2.07. The molecule has 2 N–H and O–H groups in total. The van der Waals surface area contributed by atoms with Gasteiger partial charge >= 0.3 is 0 Å². The van der Waals surface area contributed by atoms with Crippen LogP contribution in [0.25, 0.3) is 0 Å². The van der Waals surface area contributed by atoms with Gasteiger partial charge in [0.15, 0.2) is 0 Å². The number of amides is 1. The van der Waals surface area contributed by atoms with E-state index in [1.165, 1.54) is 12.8 Å². The van der Waals surface area contributed by atoms with Crippen LogP contribution in [0.3, 0.4) is 0 Å². The van der Waals surface area contributed by atoms with Crippen LogP contribution in [0.4, 0.5) is 0 Å². The Morgan fingerprint density at radius 2 is 1.93 bits per heavy atom. The first-order valence-electron chi connectivity index (χ1n) is 6.14. The molecule has 0 aliphatic rings. The van der Waals surface area contributed by atoms with Crippen molar-refractivity contribution in [1.82, 2.24) is 10.6 Å². The predicted octanol–water partition coefficient (Wildman–Crippen LogP) is 1.93. The first-order valence-corrected chi connectivity index (χ1v) is 6.14. The number of unbranched alkanes of at least 4 members (excludes halogenated alkanes) is 1. The molecule has 0 aromatic heterocycles. The summed E-state index contributed by atoms with van der Waals surface area (Å²) in [6.07, 6.45) is 4.05. The minimum atomic E-state index is 0.166. The van der Waals surface area contributed by atoms with E-state index in [0.717, 1.165) is 26.1 Å². The zero-order valence-corrected chi connectivity index (χ0v) is 10.4. The topological polar surface area (TPSA) is 41.1 Å². The minimum absolute atomic E-state index is 0.166. The Balaban J connectivity index is 3.19. The van der Waals surface area contributed by atoms with Crippen LogP contribution < -0.4 is 10.6 Å². The molecule has 0 aliphatic heterocycles. The van der Waals surface area contributed by atoms with Gasteiger partial charge in [0.05, 0.1) is 0 Å². The Bertz CT molecular complexity index is 158. The largest absolute Gasteiger partial charge is 0.356 e. The molecule has 0 bridgehead atoms. The maximum Gasteiger partial charge on any atom is 0.221 e. The molecule has 0 radical (unpaired) electrons. The fourth-order valence-electron chi connectivity index (χ4n) is 1.22. The molecular weight excluding hydrogens is 188 g/mol. The molecule has 0 atom stereocenters. The molecule has 0 spiro atoms. The standard InChI is InChI=1S/C12H26N2O/c1-4-5-8-13-9-7-12(15)14-10-6-11(2)3/h11,13H,4-10H2,1-3H3,(H,14,15). The van der Waals surface area contributed by atoms with Crippen molar-refractivity contribution in [1.29, 1.82) is 0 Å². The molecule has 3 heteroatoms. The number of rotatable bonds is 9. The summed E-state index contributed by atoms with van der Waals surface area (Å²) in [7, 11) is 0. The van der Waals surface area contributed by atoms with Gasteiger partial charge in [0.1, 0.15) is 0 Å². The van der Waals surface area contributed by atoms with E-state index in [2.05, 4.69) is 31.4 Å². The van der Waals surface area contributed by atoms with Crippen LogP contribution in [-0.2, 0) is 4.79 Å². The van der Waals surface area contributed by atoms with Crippen LogP contribution in [0.5, 0.6) is 0 Å². The summed E-state index contributed by atoms with van der Waals surface area (Å²) < 4.78 is 0. The third kappa shape index (κ3) is 11.4. The van der Waals surface area contributed by atoms with Crippen molar-refractivity contribution < 1.29 is 4.79 Å². The van der Waals surface area contributed by atoms with Gasteiger partial charge in [-0.25, -0.2) is 0 Å². The van der Waals surface area contributed by atoms with E-state index in [1.54, 1.807) is 0 Å². The molecule has 0 saturated heterocycles. The number of nitrogens with one attached hydrogen (secondary N) is 2. The second-order valence-electron chi connectivity index (χ2n) is 4.39. The van der Waals surface area contributed by atoms with Crippen molar-refractivity contribution in [3.8, 4) is 0 Å². The van der Waals surface area contributed by atoms with E-state index in [9.17, 15) is 4.79 Å². The zero-order valence-electron chi connectivity index (χ0n) is 10.4. The Morgan fingerprint density at radius 1 is 1.20 bits per heavy atom. The quantitative estimate of drug-likeness (QED) is 0.576. The molecule has 0 saturated carbocycles. The van der Waals surface area contributed by atoms with Crippen molar-refractivity contribution in [3.05, 3.63) is 0 Å². The third-order valence-electron chi connectivity index (χ3n) is 2.28. The van der Waals surface area contributed by atoms with Crippen LogP contribution >= 0.6 is 0 Å². The normalized spacial score (nSPS) is 10.7. The van der Waals surface area contributed by atoms with Gasteiger partial charge in [0.2, 0.25) is 5.91 Å². The zero-order chi connectivity index (χ0) is 11.5. The predicted molar refractivity (Wildman–Crippen MR) is 64.9 cm³/mol. The lowest BCUT2D eigenvalue weighted by Crippen LogP contribution is -2.29. The second-order valence-corrected chi connectivity index (χ2v) is 4.39. The van der Waals surface area contributed by atoms with Crippen LogP contribution in [-0.4, -0.2) is 25.5 Å². The molecular formula is C12H26N2O. The molecule has 0 heterocycles. The van der Waals surface area contributed by atoms with Crippen molar-refractivity contribution in [2.45, 2.75) is 46.5 Å². The molecule has 0 aliphatic carbocycles. The van der Waals surface area contributed by atoms with Crippen LogP contribution in [0.2, 0.25) is 0 Å². The Morgan fingerprint density at radius 3 is 2.53 bits per heavy atom. The highest BCUT2D eigenvalue weighted by Crippen LogP contribution is 1.96. The van der Waals surface area contributed by atoms with Gasteiger partial charge < -0.3 is 10.6 Å². The highest BCUT2D eigenvalue weighted by Gasteiger charge is 2.00. The first-order chi connectivity index (χ1) is 7.16. The second kappa shape index (κ2) is 9.97. The lowest BCUT2D eigenvalue weighted by molar-refractivity contribution is -0.121. The smallest absolute Gasteiger partial charge is 0.221 e. The van der Waals surface area contributed by atoms with E-state index in [4.69, 9.17) is 0 Å². The maximum atomic E-state index is 11.3. The fraction of sp³-hybridized carbons (Fsp3) is 0.917. The molecule has 90 valence electrons. The molecule has 0 unspecified atom stereocenters. The van der Waals surface area contributed by atoms with E-state index < -0.39 is 0 Å². The number of carbonyl (C=O) groups excluding carboxylic acids is 1. The highest BCUT2D eigenvalue weighted by atomic mass is 16.1.